The van der Waals surface area contributed by atoms with Crippen molar-refractivity contribution in [2.45, 2.75) is 26.4 Å². The molecule has 0 atom stereocenters. The summed E-state index contributed by atoms with van der Waals surface area (Å²) in [6, 6.07) is 1.52. The highest BCUT2D eigenvalue weighted by Gasteiger charge is 2.18. The molecule has 0 bridgehead atoms. The molecule has 0 spiro atoms. The van der Waals surface area contributed by atoms with Gasteiger partial charge in [-0.3, -0.25) is 0 Å². The van der Waals surface area contributed by atoms with E-state index in [0.717, 1.165) is 0 Å². The Kier molecular flexibility index (Phi) is 3.24. The van der Waals surface area contributed by atoms with E-state index in [4.69, 9.17) is 4.74 Å². The molecular formula is C10H15N3O2. The van der Waals surface area contributed by atoms with Gasteiger partial charge in [-0.2, -0.15) is 0 Å². The van der Waals surface area contributed by atoms with Gasteiger partial charge in [0, 0.05) is 13.2 Å². The van der Waals surface area contributed by atoms with Crippen molar-refractivity contribution >= 4 is 11.9 Å². The third-order valence-corrected chi connectivity index (χ3v) is 1.49. The topological polar surface area (TPSA) is 64.1 Å². The minimum Gasteiger partial charge on any atom is -0.455 e. The van der Waals surface area contributed by atoms with Crippen molar-refractivity contribution in [2.24, 2.45) is 0 Å². The zero-order valence-corrected chi connectivity index (χ0v) is 9.37. The highest BCUT2D eigenvalue weighted by molar-refractivity contribution is 5.87. The van der Waals surface area contributed by atoms with E-state index < -0.39 is 11.6 Å². The van der Waals surface area contributed by atoms with Crippen LogP contribution in [0.4, 0.5) is 5.95 Å². The van der Waals surface area contributed by atoms with Crippen LogP contribution in [0.1, 0.15) is 31.3 Å². The van der Waals surface area contributed by atoms with Gasteiger partial charge in [-0.1, -0.05) is 0 Å². The smallest absolute Gasteiger partial charge is 0.357 e. The van der Waals surface area contributed by atoms with Crippen molar-refractivity contribution in [1.29, 1.82) is 0 Å². The lowest BCUT2D eigenvalue weighted by Gasteiger charge is -2.19. The summed E-state index contributed by atoms with van der Waals surface area (Å²) < 4.78 is 5.17. The fourth-order valence-corrected chi connectivity index (χ4v) is 0.923. The largest absolute Gasteiger partial charge is 0.455 e. The predicted octanol–water partition coefficient (Wildman–Crippen LogP) is 1.47. The van der Waals surface area contributed by atoms with Crippen molar-refractivity contribution < 1.29 is 9.53 Å². The van der Waals surface area contributed by atoms with Crippen molar-refractivity contribution in [3.05, 3.63) is 18.0 Å². The van der Waals surface area contributed by atoms with Gasteiger partial charge in [-0.05, 0) is 26.8 Å². The van der Waals surface area contributed by atoms with Gasteiger partial charge < -0.3 is 10.1 Å². The van der Waals surface area contributed by atoms with Crippen LogP contribution < -0.4 is 5.32 Å². The number of aromatic nitrogens is 2. The van der Waals surface area contributed by atoms with Gasteiger partial charge in [0.1, 0.15) is 5.60 Å². The Morgan fingerprint density at radius 2 is 2.13 bits per heavy atom. The number of nitrogens with one attached hydrogen (secondary N) is 1. The third kappa shape index (κ3) is 3.53. The number of rotatable bonds is 2. The molecule has 1 rings (SSSR count). The number of carbonyl (C=O) groups is 1. The maximum absolute atomic E-state index is 11.6. The zero-order valence-electron chi connectivity index (χ0n) is 9.37. The quantitative estimate of drug-likeness (QED) is 0.747. The van der Waals surface area contributed by atoms with Crippen LogP contribution in [0, 0.1) is 0 Å². The van der Waals surface area contributed by atoms with E-state index in [-0.39, 0.29) is 5.69 Å². The highest BCUT2D eigenvalue weighted by Crippen LogP contribution is 2.11. The first kappa shape index (κ1) is 11.4. The van der Waals surface area contributed by atoms with Crippen LogP contribution in [0.2, 0.25) is 0 Å². The van der Waals surface area contributed by atoms with Gasteiger partial charge in [0.15, 0.2) is 5.69 Å². The first-order valence-electron chi connectivity index (χ1n) is 4.66. The molecule has 0 amide bonds. The average Bonchev–Trinajstić information content (AvgIpc) is 2.15. The molecule has 0 radical (unpaired) electrons. The predicted molar refractivity (Wildman–Crippen MR) is 56.7 cm³/mol. The Hall–Kier alpha value is -1.65. The van der Waals surface area contributed by atoms with Gasteiger partial charge in [0.25, 0.3) is 0 Å². The second kappa shape index (κ2) is 4.25. The molecule has 15 heavy (non-hydrogen) atoms. The summed E-state index contributed by atoms with van der Waals surface area (Å²) in [5.41, 5.74) is -0.258. The SMILES string of the molecule is CNc1nccc(C(=O)OC(C)(C)C)n1. The van der Waals surface area contributed by atoms with Crippen LogP contribution in [0.25, 0.3) is 0 Å². The molecule has 0 aliphatic rings. The Morgan fingerprint density at radius 1 is 1.47 bits per heavy atom. The molecule has 1 heterocycles. The monoisotopic (exact) mass is 209 g/mol. The van der Waals surface area contributed by atoms with Crippen LogP contribution in [-0.4, -0.2) is 28.6 Å². The lowest BCUT2D eigenvalue weighted by Crippen LogP contribution is -2.24. The van der Waals surface area contributed by atoms with Gasteiger partial charge in [-0.15, -0.1) is 0 Å². The second-order valence-corrected chi connectivity index (χ2v) is 4.02. The first-order valence-corrected chi connectivity index (χ1v) is 4.66. The minimum atomic E-state index is -0.512. The molecule has 0 saturated carbocycles. The molecule has 1 N–H and O–H groups in total. The van der Waals surface area contributed by atoms with Gasteiger partial charge in [0.05, 0.1) is 0 Å². The van der Waals surface area contributed by atoms with Crippen LogP contribution in [0.5, 0.6) is 0 Å². The maximum atomic E-state index is 11.6. The van der Waals surface area contributed by atoms with E-state index >= 15 is 0 Å². The molecule has 0 aliphatic heterocycles. The standard InChI is InChI=1S/C10H15N3O2/c1-10(2,3)15-8(14)7-5-6-12-9(11-4)13-7/h5-6H,1-4H3,(H,11,12,13). The fourth-order valence-electron chi connectivity index (χ4n) is 0.923. The molecule has 0 fully saturated rings. The third-order valence-electron chi connectivity index (χ3n) is 1.49. The van der Waals surface area contributed by atoms with Crippen molar-refractivity contribution in [3.8, 4) is 0 Å². The lowest BCUT2D eigenvalue weighted by molar-refractivity contribution is 0.00628. The summed E-state index contributed by atoms with van der Waals surface area (Å²) in [4.78, 5) is 19.5. The van der Waals surface area contributed by atoms with E-state index in [1.54, 1.807) is 7.05 Å². The number of esters is 1. The lowest BCUT2D eigenvalue weighted by atomic mass is 10.2. The second-order valence-electron chi connectivity index (χ2n) is 4.02. The molecule has 0 saturated heterocycles. The van der Waals surface area contributed by atoms with Crippen molar-refractivity contribution in [3.63, 3.8) is 0 Å². The van der Waals surface area contributed by atoms with Gasteiger partial charge in [-0.25, -0.2) is 14.8 Å². The average molecular weight is 209 g/mol. The molecule has 0 unspecified atom stereocenters. The Balaban J connectivity index is 2.82. The summed E-state index contributed by atoms with van der Waals surface area (Å²) in [7, 11) is 1.69. The first-order chi connectivity index (χ1) is 6.92. The Morgan fingerprint density at radius 3 is 2.67 bits per heavy atom. The van der Waals surface area contributed by atoms with Crippen molar-refractivity contribution in [1.82, 2.24) is 9.97 Å². The Bertz CT molecular complexity index is 358. The van der Waals surface area contributed by atoms with E-state index in [2.05, 4.69) is 15.3 Å². The maximum Gasteiger partial charge on any atom is 0.357 e. The highest BCUT2D eigenvalue weighted by atomic mass is 16.6. The molecule has 0 aromatic carbocycles. The van der Waals surface area contributed by atoms with E-state index in [1.165, 1.54) is 12.3 Å². The fraction of sp³-hybridized carbons (Fsp3) is 0.500. The Labute approximate surface area is 88.9 Å². The molecule has 5 nitrogen and oxygen atoms in total. The molecular weight excluding hydrogens is 194 g/mol. The molecule has 1 aromatic rings. The van der Waals surface area contributed by atoms with Crippen LogP contribution in [-0.2, 0) is 4.74 Å². The molecule has 0 aliphatic carbocycles. The number of carbonyl (C=O) groups excluding carboxylic acids is 1. The zero-order chi connectivity index (χ0) is 11.5. The summed E-state index contributed by atoms with van der Waals surface area (Å²) in [6.45, 7) is 5.43. The number of anilines is 1. The van der Waals surface area contributed by atoms with Crippen LogP contribution in [0.3, 0.4) is 0 Å². The van der Waals surface area contributed by atoms with E-state index in [9.17, 15) is 4.79 Å². The number of hydrogen-bond acceptors (Lipinski definition) is 5. The van der Waals surface area contributed by atoms with Gasteiger partial charge >= 0.3 is 5.97 Å². The molecule has 82 valence electrons. The summed E-state index contributed by atoms with van der Waals surface area (Å²) in [5.74, 6) is -0.0419. The van der Waals surface area contributed by atoms with E-state index in [0.29, 0.717) is 5.95 Å². The molecule has 1 aromatic heterocycles. The number of ether oxygens (including phenoxy) is 1. The van der Waals surface area contributed by atoms with Crippen LogP contribution >= 0.6 is 0 Å². The van der Waals surface area contributed by atoms with E-state index in [1.807, 2.05) is 20.8 Å². The number of nitrogens with zero attached hydrogens (tertiary/aromatic N) is 2. The van der Waals surface area contributed by atoms with Gasteiger partial charge in [0.2, 0.25) is 5.95 Å². The molecule has 5 heteroatoms. The summed E-state index contributed by atoms with van der Waals surface area (Å²) in [6.07, 6.45) is 1.51. The van der Waals surface area contributed by atoms with Crippen LogP contribution in [0.15, 0.2) is 12.3 Å². The summed E-state index contributed by atoms with van der Waals surface area (Å²) in [5, 5.41) is 2.76. The normalized spacial score (nSPS) is 10.9. The summed E-state index contributed by atoms with van der Waals surface area (Å²) >= 11 is 0. The van der Waals surface area contributed by atoms with Crippen molar-refractivity contribution in [2.75, 3.05) is 12.4 Å². The minimum absolute atomic E-state index is 0.254. The number of hydrogen-bond donors (Lipinski definition) is 1.